The Morgan fingerprint density at radius 3 is 2.67 bits per heavy atom. The molecule has 1 aromatic rings. The van der Waals surface area contributed by atoms with Crippen molar-refractivity contribution in [2.75, 3.05) is 18.0 Å². The van der Waals surface area contributed by atoms with Crippen molar-refractivity contribution in [1.82, 2.24) is 5.32 Å². The Labute approximate surface area is 127 Å². The predicted octanol–water partition coefficient (Wildman–Crippen LogP) is 2.82. The van der Waals surface area contributed by atoms with E-state index in [-0.39, 0.29) is 11.4 Å². The van der Waals surface area contributed by atoms with Crippen LogP contribution < -0.4 is 15.0 Å². The highest BCUT2D eigenvalue weighted by Crippen LogP contribution is 2.33. The van der Waals surface area contributed by atoms with Gasteiger partial charge in [0.15, 0.2) is 6.10 Å². The van der Waals surface area contributed by atoms with Crippen molar-refractivity contribution >= 4 is 11.6 Å². The van der Waals surface area contributed by atoms with E-state index < -0.39 is 6.10 Å². The van der Waals surface area contributed by atoms with Gasteiger partial charge < -0.3 is 15.0 Å². The standard InChI is InChI=1S/C17H26N2O2/c1-12(10-18-17(3,4)5)11-19-14-8-6-7-9-15(14)21-13(2)16(19)20/h6-9,12-13,18H,10-11H2,1-5H3. The average Bonchev–Trinajstić information content (AvgIpc) is 2.41. The Bertz CT molecular complexity index is 508. The van der Waals surface area contributed by atoms with Gasteiger partial charge in [-0.25, -0.2) is 0 Å². The van der Waals surface area contributed by atoms with E-state index in [0.29, 0.717) is 12.5 Å². The van der Waals surface area contributed by atoms with Crippen LogP contribution in [0.1, 0.15) is 34.6 Å². The van der Waals surface area contributed by atoms with Crippen molar-refractivity contribution in [3.05, 3.63) is 24.3 Å². The van der Waals surface area contributed by atoms with Crippen LogP contribution in [0, 0.1) is 5.92 Å². The maximum absolute atomic E-state index is 12.4. The monoisotopic (exact) mass is 290 g/mol. The van der Waals surface area contributed by atoms with Gasteiger partial charge >= 0.3 is 0 Å². The fourth-order valence-electron chi connectivity index (χ4n) is 2.40. The molecule has 1 aliphatic rings. The number of nitrogens with one attached hydrogen (secondary N) is 1. The predicted molar refractivity (Wildman–Crippen MR) is 85.8 cm³/mol. The maximum atomic E-state index is 12.4. The summed E-state index contributed by atoms with van der Waals surface area (Å²) in [6.45, 7) is 12.0. The lowest BCUT2D eigenvalue weighted by atomic mass is 10.1. The van der Waals surface area contributed by atoms with E-state index in [4.69, 9.17) is 4.74 Å². The summed E-state index contributed by atoms with van der Waals surface area (Å²) in [6.07, 6.45) is -0.414. The van der Waals surface area contributed by atoms with Gasteiger partial charge in [0.05, 0.1) is 5.69 Å². The lowest BCUT2D eigenvalue weighted by molar-refractivity contribution is -0.125. The minimum Gasteiger partial charge on any atom is -0.479 e. The van der Waals surface area contributed by atoms with Gasteiger partial charge in [0.1, 0.15) is 5.75 Å². The van der Waals surface area contributed by atoms with Crippen molar-refractivity contribution in [2.24, 2.45) is 5.92 Å². The molecule has 1 aliphatic heterocycles. The van der Waals surface area contributed by atoms with Crippen LogP contribution in [0.2, 0.25) is 0 Å². The molecule has 4 heteroatoms. The van der Waals surface area contributed by atoms with E-state index in [1.807, 2.05) is 36.1 Å². The van der Waals surface area contributed by atoms with E-state index in [9.17, 15) is 4.79 Å². The third-order valence-electron chi connectivity index (χ3n) is 3.55. The zero-order valence-electron chi connectivity index (χ0n) is 13.6. The average molecular weight is 290 g/mol. The van der Waals surface area contributed by atoms with Crippen molar-refractivity contribution in [2.45, 2.75) is 46.3 Å². The number of nitrogens with zero attached hydrogens (tertiary/aromatic N) is 1. The highest BCUT2D eigenvalue weighted by Gasteiger charge is 2.31. The minimum atomic E-state index is -0.414. The summed E-state index contributed by atoms with van der Waals surface area (Å²) in [4.78, 5) is 14.3. The number of carbonyl (C=O) groups excluding carboxylic acids is 1. The summed E-state index contributed by atoms with van der Waals surface area (Å²) in [7, 11) is 0. The molecule has 0 aliphatic carbocycles. The summed E-state index contributed by atoms with van der Waals surface area (Å²) in [6, 6.07) is 7.74. The van der Waals surface area contributed by atoms with E-state index in [1.54, 1.807) is 0 Å². The number of para-hydroxylation sites is 2. The number of rotatable bonds is 4. The summed E-state index contributed by atoms with van der Waals surface area (Å²) < 4.78 is 5.66. The number of hydrogen-bond acceptors (Lipinski definition) is 3. The number of amides is 1. The smallest absolute Gasteiger partial charge is 0.267 e. The quantitative estimate of drug-likeness (QED) is 0.927. The summed E-state index contributed by atoms with van der Waals surface area (Å²) in [5.74, 6) is 1.20. The molecule has 21 heavy (non-hydrogen) atoms. The summed E-state index contributed by atoms with van der Waals surface area (Å²) in [5.41, 5.74) is 0.970. The molecule has 0 radical (unpaired) electrons. The Morgan fingerprint density at radius 1 is 1.33 bits per heavy atom. The van der Waals surface area contributed by atoms with Crippen molar-refractivity contribution < 1.29 is 9.53 Å². The first-order valence-corrected chi connectivity index (χ1v) is 7.60. The van der Waals surface area contributed by atoms with Gasteiger partial charge in [0, 0.05) is 12.1 Å². The molecule has 0 saturated heterocycles. The van der Waals surface area contributed by atoms with Crippen LogP contribution in [0.3, 0.4) is 0 Å². The molecule has 1 heterocycles. The molecule has 1 amide bonds. The van der Waals surface area contributed by atoms with Crippen LogP contribution >= 0.6 is 0 Å². The fraction of sp³-hybridized carbons (Fsp3) is 0.588. The number of carbonyl (C=O) groups is 1. The Kier molecular flexibility index (Phi) is 4.57. The fourth-order valence-corrected chi connectivity index (χ4v) is 2.40. The molecule has 116 valence electrons. The number of benzene rings is 1. The third kappa shape index (κ3) is 3.97. The van der Waals surface area contributed by atoms with Gasteiger partial charge in [-0.1, -0.05) is 19.1 Å². The Balaban J connectivity index is 2.09. The van der Waals surface area contributed by atoms with Crippen LogP contribution in [0.15, 0.2) is 24.3 Å². The van der Waals surface area contributed by atoms with Gasteiger partial charge in [-0.15, -0.1) is 0 Å². The third-order valence-corrected chi connectivity index (χ3v) is 3.55. The summed E-state index contributed by atoms with van der Waals surface area (Å²) in [5, 5.41) is 3.49. The lowest BCUT2D eigenvalue weighted by Gasteiger charge is -2.35. The van der Waals surface area contributed by atoms with Crippen LogP contribution in [0.25, 0.3) is 0 Å². The lowest BCUT2D eigenvalue weighted by Crippen LogP contribution is -2.48. The van der Waals surface area contributed by atoms with Gasteiger partial charge in [0.25, 0.3) is 5.91 Å². The molecule has 0 bridgehead atoms. The van der Waals surface area contributed by atoms with Gasteiger partial charge in [0.2, 0.25) is 0 Å². The molecular formula is C17H26N2O2. The van der Waals surface area contributed by atoms with E-state index in [1.165, 1.54) is 0 Å². The first-order chi connectivity index (χ1) is 9.78. The molecule has 2 unspecified atom stereocenters. The van der Waals surface area contributed by atoms with Crippen LogP contribution in [0.5, 0.6) is 5.75 Å². The van der Waals surface area contributed by atoms with Crippen LogP contribution in [-0.2, 0) is 4.79 Å². The molecule has 0 aromatic heterocycles. The molecule has 1 aromatic carbocycles. The van der Waals surface area contributed by atoms with Crippen molar-refractivity contribution in [3.8, 4) is 5.75 Å². The minimum absolute atomic E-state index is 0.0382. The van der Waals surface area contributed by atoms with Gasteiger partial charge in [-0.2, -0.15) is 0 Å². The zero-order chi connectivity index (χ0) is 15.6. The SMILES string of the molecule is CC(CNC(C)(C)C)CN1C(=O)C(C)Oc2ccccc21. The number of fused-ring (bicyclic) bond motifs is 1. The molecule has 0 saturated carbocycles. The van der Waals surface area contributed by atoms with Crippen LogP contribution in [-0.4, -0.2) is 30.6 Å². The van der Waals surface area contributed by atoms with Crippen molar-refractivity contribution in [3.63, 3.8) is 0 Å². The highest BCUT2D eigenvalue weighted by molar-refractivity contribution is 5.99. The van der Waals surface area contributed by atoms with E-state index >= 15 is 0 Å². The summed E-state index contributed by atoms with van der Waals surface area (Å²) >= 11 is 0. The molecule has 2 atom stereocenters. The Morgan fingerprint density at radius 2 is 2.00 bits per heavy atom. The molecule has 0 spiro atoms. The first-order valence-electron chi connectivity index (χ1n) is 7.60. The van der Waals surface area contributed by atoms with E-state index in [0.717, 1.165) is 18.0 Å². The number of anilines is 1. The van der Waals surface area contributed by atoms with Gasteiger partial charge in [-0.05, 0) is 52.3 Å². The topological polar surface area (TPSA) is 41.6 Å². The molecule has 2 rings (SSSR count). The second kappa shape index (κ2) is 6.06. The number of ether oxygens (including phenoxy) is 1. The molecule has 4 nitrogen and oxygen atoms in total. The van der Waals surface area contributed by atoms with Gasteiger partial charge in [-0.3, -0.25) is 4.79 Å². The molecular weight excluding hydrogens is 264 g/mol. The number of hydrogen-bond donors (Lipinski definition) is 1. The first kappa shape index (κ1) is 15.8. The second-order valence-electron chi connectivity index (χ2n) is 6.91. The van der Waals surface area contributed by atoms with E-state index in [2.05, 4.69) is 33.0 Å². The second-order valence-corrected chi connectivity index (χ2v) is 6.91. The largest absolute Gasteiger partial charge is 0.479 e. The zero-order valence-corrected chi connectivity index (χ0v) is 13.6. The highest BCUT2D eigenvalue weighted by atomic mass is 16.5. The van der Waals surface area contributed by atoms with Crippen molar-refractivity contribution in [1.29, 1.82) is 0 Å². The maximum Gasteiger partial charge on any atom is 0.267 e. The Hall–Kier alpha value is -1.55. The van der Waals surface area contributed by atoms with Crippen LogP contribution in [0.4, 0.5) is 5.69 Å². The normalized spacial score (nSPS) is 20.0. The molecule has 0 fully saturated rings. The molecule has 1 N–H and O–H groups in total.